The molecule has 4 heterocycles. The zero-order chi connectivity index (χ0) is 24.4. The van der Waals surface area contributed by atoms with Crippen molar-refractivity contribution in [3.05, 3.63) is 36.4 Å². The lowest BCUT2D eigenvalue weighted by Crippen LogP contribution is -2.51. The van der Waals surface area contributed by atoms with E-state index in [0.29, 0.717) is 38.5 Å². The van der Waals surface area contributed by atoms with E-state index in [9.17, 15) is 9.59 Å². The van der Waals surface area contributed by atoms with Crippen LogP contribution in [0.4, 0.5) is 17.3 Å². The summed E-state index contributed by atoms with van der Waals surface area (Å²) in [6, 6.07) is 11.5. The molecule has 0 spiro atoms. The molecular weight excluding hydrogens is 446 g/mol. The van der Waals surface area contributed by atoms with Crippen molar-refractivity contribution in [1.82, 2.24) is 20.0 Å². The standard InChI is InChI=1S/C25H33N7O3/c1-28-8-10-29(11-9-28)22-6-7-23(27-26-22)30-12-14-31(15-13-30)25(34)19-16-24(33)32(18-19)20-4-3-5-21(17-20)35-2/h3-7,17,19H,8-16,18H2,1-2H3. The van der Waals surface area contributed by atoms with Crippen molar-refractivity contribution in [1.29, 1.82) is 0 Å². The van der Waals surface area contributed by atoms with Crippen LogP contribution in [0.15, 0.2) is 36.4 Å². The summed E-state index contributed by atoms with van der Waals surface area (Å²) in [7, 11) is 3.74. The molecule has 2 amide bonds. The Bertz CT molecular complexity index is 1050. The summed E-state index contributed by atoms with van der Waals surface area (Å²) in [6.07, 6.45) is 0.246. The molecule has 3 aliphatic heterocycles. The van der Waals surface area contributed by atoms with Gasteiger partial charge < -0.3 is 29.2 Å². The minimum atomic E-state index is -0.317. The van der Waals surface area contributed by atoms with Crippen molar-refractivity contribution < 1.29 is 14.3 Å². The summed E-state index contributed by atoms with van der Waals surface area (Å²) in [5.74, 6) is 2.17. The molecule has 10 heteroatoms. The Balaban J connectivity index is 1.15. The van der Waals surface area contributed by atoms with E-state index in [0.717, 1.165) is 43.5 Å². The number of likely N-dealkylation sites (N-methyl/N-ethyl adjacent to an activating group) is 1. The smallest absolute Gasteiger partial charge is 0.228 e. The molecule has 0 bridgehead atoms. The number of piperazine rings is 2. The third-order valence-electron chi connectivity index (χ3n) is 7.22. The topological polar surface area (TPSA) is 85.3 Å². The molecule has 10 nitrogen and oxygen atoms in total. The van der Waals surface area contributed by atoms with Crippen LogP contribution in [0.5, 0.6) is 5.75 Å². The molecule has 0 radical (unpaired) electrons. The van der Waals surface area contributed by atoms with E-state index >= 15 is 0 Å². The van der Waals surface area contributed by atoms with Gasteiger partial charge in [-0.15, -0.1) is 10.2 Å². The predicted molar refractivity (Wildman–Crippen MR) is 134 cm³/mol. The fraction of sp³-hybridized carbons (Fsp3) is 0.520. The van der Waals surface area contributed by atoms with Gasteiger partial charge in [-0.2, -0.15) is 0 Å². The highest BCUT2D eigenvalue weighted by Gasteiger charge is 2.38. The monoisotopic (exact) mass is 479 g/mol. The number of nitrogens with zero attached hydrogens (tertiary/aromatic N) is 7. The number of rotatable bonds is 5. The Kier molecular flexibility index (Phi) is 6.72. The Hall–Kier alpha value is -3.40. The molecule has 1 aromatic heterocycles. The molecule has 1 atom stereocenters. The van der Waals surface area contributed by atoms with Crippen molar-refractivity contribution in [2.45, 2.75) is 6.42 Å². The van der Waals surface area contributed by atoms with Gasteiger partial charge in [-0.25, -0.2) is 0 Å². The van der Waals surface area contributed by atoms with Gasteiger partial charge in [-0.1, -0.05) is 6.07 Å². The number of anilines is 3. The molecule has 3 saturated heterocycles. The van der Waals surface area contributed by atoms with Crippen LogP contribution < -0.4 is 19.4 Å². The number of carbonyl (C=O) groups excluding carboxylic acids is 2. The SMILES string of the molecule is COc1cccc(N2CC(C(=O)N3CCN(c4ccc(N5CCN(C)CC5)nn4)CC3)CC2=O)c1. The molecule has 3 fully saturated rings. The Morgan fingerprint density at radius 3 is 2.14 bits per heavy atom. The number of carbonyl (C=O) groups is 2. The highest BCUT2D eigenvalue weighted by atomic mass is 16.5. The predicted octanol–water partition coefficient (Wildman–Crippen LogP) is 0.939. The highest BCUT2D eigenvalue weighted by Crippen LogP contribution is 2.29. The number of hydrogen-bond donors (Lipinski definition) is 0. The average Bonchev–Trinajstić information content (AvgIpc) is 3.30. The minimum absolute atomic E-state index is 0.0223. The molecule has 5 rings (SSSR count). The molecule has 1 unspecified atom stereocenters. The summed E-state index contributed by atoms with van der Waals surface area (Å²) in [6.45, 7) is 7.03. The van der Waals surface area contributed by atoms with Crippen LogP contribution in [0.1, 0.15) is 6.42 Å². The lowest BCUT2D eigenvalue weighted by molar-refractivity contribution is -0.136. The maximum atomic E-state index is 13.2. The van der Waals surface area contributed by atoms with E-state index in [1.807, 2.05) is 41.3 Å². The van der Waals surface area contributed by atoms with Gasteiger partial charge in [0.05, 0.1) is 13.0 Å². The third-order valence-corrected chi connectivity index (χ3v) is 7.22. The van der Waals surface area contributed by atoms with Crippen LogP contribution >= 0.6 is 0 Å². The number of aromatic nitrogens is 2. The number of amides is 2. The van der Waals surface area contributed by atoms with Crippen molar-refractivity contribution >= 4 is 29.1 Å². The van der Waals surface area contributed by atoms with Crippen molar-refractivity contribution in [3.63, 3.8) is 0 Å². The first-order chi connectivity index (χ1) is 17.0. The largest absolute Gasteiger partial charge is 0.497 e. The molecule has 3 aliphatic rings. The molecule has 0 saturated carbocycles. The first-order valence-electron chi connectivity index (χ1n) is 12.3. The lowest BCUT2D eigenvalue weighted by Gasteiger charge is -2.36. The average molecular weight is 480 g/mol. The first-order valence-corrected chi connectivity index (χ1v) is 12.3. The van der Waals surface area contributed by atoms with Crippen LogP contribution in [0.2, 0.25) is 0 Å². The molecule has 0 aliphatic carbocycles. The van der Waals surface area contributed by atoms with Gasteiger partial charge in [0.25, 0.3) is 0 Å². The molecule has 1 aromatic carbocycles. The molecule has 186 valence electrons. The number of ether oxygens (including phenoxy) is 1. The molecule has 2 aromatic rings. The van der Waals surface area contributed by atoms with Gasteiger partial charge >= 0.3 is 0 Å². The van der Waals surface area contributed by atoms with Gasteiger partial charge in [0, 0.05) is 77.1 Å². The summed E-state index contributed by atoms with van der Waals surface area (Å²) < 4.78 is 5.28. The molecule has 0 N–H and O–H groups in total. The van der Waals surface area contributed by atoms with Crippen molar-refractivity contribution in [2.75, 3.05) is 87.8 Å². The van der Waals surface area contributed by atoms with Crippen LogP contribution in [0, 0.1) is 5.92 Å². The van der Waals surface area contributed by atoms with E-state index in [4.69, 9.17) is 4.74 Å². The van der Waals surface area contributed by atoms with E-state index in [-0.39, 0.29) is 24.2 Å². The van der Waals surface area contributed by atoms with Crippen molar-refractivity contribution in [3.8, 4) is 5.75 Å². The molecule has 35 heavy (non-hydrogen) atoms. The van der Waals surface area contributed by atoms with E-state index in [1.165, 1.54) is 0 Å². The Morgan fingerprint density at radius 2 is 1.54 bits per heavy atom. The van der Waals surface area contributed by atoms with Gasteiger partial charge in [0.15, 0.2) is 11.6 Å². The van der Waals surface area contributed by atoms with Gasteiger partial charge in [0.2, 0.25) is 11.8 Å². The van der Waals surface area contributed by atoms with Crippen LogP contribution in [-0.4, -0.2) is 105 Å². The normalized spacial score (nSPS) is 21.5. The number of hydrogen-bond acceptors (Lipinski definition) is 8. The fourth-order valence-corrected chi connectivity index (χ4v) is 5.01. The van der Waals surface area contributed by atoms with Crippen LogP contribution in [0.3, 0.4) is 0 Å². The summed E-state index contributed by atoms with van der Waals surface area (Å²) >= 11 is 0. The van der Waals surface area contributed by atoms with Gasteiger partial charge in [0.1, 0.15) is 5.75 Å². The molecular formula is C25H33N7O3. The minimum Gasteiger partial charge on any atom is -0.497 e. The fourth-order valence-electron chi connectivity index (χ4n) is 5.01. The Morgan fingerprint density at radius 1 is 0.914 bits per heavy atom. The zero-order valence-corrected chi connectivity index (χ0v) is 20.5. The highest BCUT2D eigenvalue weighted by molar-refractivity contribution is 6.00. The summed E-state index contributed by atoms with van der Waals surface area (Å²) in [5, 5.41) is 8.93. The second-order valence-corrected chi connectivity index (χ2v) is 9.46. The first kappa shape index (κ1) is 23.3. The third kappa shape index (κ3) is 5.02. The van der Waals surface area contributed by atoms with E-state index in [1.54, 1.807) is 12.0 Å². The number of methoxy groups -OCH3 is 1. The maximum Gasteiger partial charge on any atom is 0.228 e. The summed E-state index contributed by atoms with van der Waals surface area (Å²) in [5.41, 5.74) is 0.771. The van der Waals surface area contributed by atoms with E-state index < -0.39 is 0 Å². The Labute approximate surface area is 206 Å². The van der Waals surface area contributed by atoms with E-state index in [2.05, 4.69) is 31.9 Å². The van der Waals surface area contributed by atoms with Crippen LogP contribution in [-0.2, 0) is 9.59 Å². The number of benzene rings is 1. The van der Waals surface area contributed by atoms with Crippen molar-refractivity contribution in [2.24, 2.45) is 5.92 Å². The summed E-state index contributed by atoms with van der Waals surface area (Å²) in [4.78, 5) is 36.2. The van der Waals surface area contributed by atoms with Gasteiger partial charge in [-0.05, 0) is 31.3 Å². The van der Waals surface area contributed by atoms with Gasteiger partial charge in [-0.3, -0.25) is 9.59 Å². The quantitative estimate of drug-likeness (QED) is 0.627. The second-order valence-electron chi connectivity index (χ2n) is 9.46. The maximum absolute atomic E-state index is 13.2. The second kappa shape index (κ2) is 10.1. The zero-order valence-electron chi connectivity index (χ0n) is 20.5. The van der Waals surface area contributed by atoms with Crippen LogP contribution in [0.25, 0.3) is 0 Å². The lowest BCUT2D eigenvalue weighted by atomic mass is 10.1.